The van der Waals surface area contributed by atoms with E-state index in [9.17, 15) is 75.2 Å². The fraction of sp³-hybridized carbons (Fsp3) is 0.345. The fourth-order valence-electron chi connectivity index (χ4n) is 10.3. The highest BCUT2D eigenvalue weighted by molar-refractivity contribution is 7.95. The summed E-state index contributed by atoms with van der Waals surface area (Å²) >= 11 is 0.337. The van der Waals surface area contributed by atoms with Crippen molar-refractivity contribution in [2.24, 2.45) is 10.2 Å². The molecule has 4 amide bonds. The second-order valence-corrected chi connectivity index (χ2v) is 28.5. The summed E-state index contributed by atoms with van der Waals surface area (Å²) in [6.45, 7) is -2.90. The number of hydrogen-bond donors (Lipinski definition) is 12. The van der Waals surface area contributed by atoms with E-state index in [0.29, 0.717) is 12.0 Å². The Hall–Kier alpha value is -9.99. The van der Waals surface area contributed by atoms with E-state index in [4.69, 9.17) is 75.7 Å². The Kier molecular flexibility index (Phi) is 30.8. The summed E-state index contributed by atoms with van der Waals surface area (Å²) in [5, 5.41) is 45.6. The molecule has 7 atom stereocenters. The standard InChI is InChI=1S/C58H65N16O31P3S2/c59-39-10-8-36-48(37-9-11-40(60)52(110(90,91)92)50(37)101-49(36)51(39)109-103-102-82)38-24-32(6-7-35(38)57(80)81)55(78)67-16-18-94-20-19-93-17-12-43(75)65-14-15-66-54(77)31-3-1-5-34(23-31)97-29-45(71-73-63)96-22-21-95-28-44(76)64-13-2-4-33-26-74(53-47(33)56(79)70-58(61)69-53)46-25-41(98-30-68-72-62)42(100-46)27-99-107(86,87)105-108(88,89)104-106(83,84)85/h1,3,5-11,23-24,26,41-42,45-46,60,82H,12-22,25,27-30,59H2,(H,64,76)(H,65,75)(H,66,77)(H,67,78)(H,80,81)(H,86,87)(H,88,89)(H2,83,84,85)(H,90,91,92)(H3,61,69,70,79)/p-2. The van der Waals surface area contributed by atoms with Crippen LogP contribution in [0.2, 0.25) is 0 Å². The maximum absolute atomic E-state index is 13.5. The van der Waals surface area contributed by atoms with Crippen molar-refractivity contribution >= 4 is 109 Å². The van der Waals surface area contributed by atoms with Crippen LogP contribution in [0.4, 0.5) is 11.6 Å². The van der Waals surface area contributed by atoms with E-state index in [2.05, 4.69) is 85.6 Å². The van der Waals surface area contributed by atoms with E-state index in [-0.39, 0.29) is 174 Å². The quantitative estimate of drug-likeness (QED) is 0.00195. The first-order valence-corrected chi connectivity index (χ1v) is 37.9. The van der Waals surface area contributed by atoms with Gasteiger partial charge >= 0.3 is 13.8 Å². The number of rotatable bonds is 42. The molecule has 4 heterocycles. The van der Waals surface area contributed by atoms with Gasteiger partial charge in [0.15, 0.2) is 28.1 Å². The van der Waals surface area contributed by atoms with Crippen LogP contribution >= 0.6 is 35.5 Å². The van der Waals surface area contributed by atoms with Gasteiger partial charge in [-0.1, -0.05) is 33.2 Å². The lowest BCUT2D eigenvalue weighted by molar-refractivity contribution is -0.432. The van der Waals surface area contributed by atoms with Crippen LogP contribution in [0, 0.1) is 11.8 Å². The summed E-state index contributed by atoms with van der Waals surface area (Å²) in [5.41, 5.74) is 28.3. The van der Waals surface area contributed by atoms with Crippen molar-refractivity contribution in [2.75, 3.05) is 104 Å². The zero-order chi connectivity index (χ0) is 79.9. The Morgan fingerprint density at radius 3 is 2.34 bits per heavy atom. The largest absolute Gasteiger partial charge is 0.756 e. The number of aromatic carboxylic acids is 1. The fourth-order valence-corrected chi connectivity index (χ4v) is 14.4. The summed E-state index contributed by atoms with van der Waals surface area (Å²) in [6, 6.07) is 14.8. The lowest BCUT2D eigenvalue weighted by atomic mass is 9.89. The number of phosphoric ester groups is 1. The number of nitrogens with one attached hydrogen (secondary N) is 5. The molecule has 0 saturated carbocycles. The molecular formula is C58H63N16O31P3S2-2. The molecule has 15 N–H and O–H groups in total. The van der Waals surface area contributed by atoms with Gasteiger partial charge in [0, 0.05) is 82.2 Å². The number of fused-ring (bicyclic) bond motifs is 3. The number of hydrogen-bond acceptors (Lipinski definition) is 34. The average Bonchev–Trinajstić information content (AvgIpc) is 0.902. The lowest BCUT2D eigenvalue weighted by Crippen LogP contribution is -2.47. The summed E-state index contributed by atoms with van der Waals surface area (Å²) in [7, 11) is -23.3. The Bertz CT molecular complexity index is 5100. The van der Waals surface area contributed by atoms with E-state index in [1.807, 2.05) is 0 Å². The smallest absolute Gasteiger partial charge is 0.478 e. The first kappa shape index (κ1) is 85.6. The molecular weight excluding hydrogens is 1570 g/mol. The number of H-pyrrole nitrogens is 1. The van der Waals surface area contributed by atoms with Gasteiger partial charge in [-0.2, -0.15) is 4.98 Å². The third-order valence-electron chi connectivity index (χ3n) is 14.8. The molecule has 52 heteroatoms. The third-order valence-corrected chi connectivity index (χ3v) is 20.1. The van der Waals surface area contributed by atoms with E-state index in [0.717, 1.165) is 12.1 Å². The van der Waals surface area contributed by atoms with Crippen LogP contribution < -0.4 is 63.6 Å². The second kappa shape index (κ2) is 39.6. The predicted octanol–water partition coefficient (Wildman–Crippen LogP) is 0.0328. The molecule has 0 radical (unpaired) electrons. The van der Waals surface area contributed by atoms with Gasteiger partial charge in [-0.25, -0.2) is 31.7 Å². The number of nitrogens with two attached hydrogens (primary N) is 3. The minimum atomic E-state index is -6.19. The molecule has 1 fully saturated rings. The van der Waals surface area contributed by atoms with Crippen molar-refractivity contribution in [2.45, 2.75) is 47.3 Å². The van der Waals surface area contributed by atoms with Crippen molar-refractivity contribution < 1.29 is 146 Å². The maximum atomic E-state index is 13.5. The SMILES string of the molecule is [N-]=[N+]=NCOC1CC(n2cc(C#CCNC(=O)COCCOC(COc3cccc(C(=O)NCCNC(=O)CCOCCOCCNC(=O)c4ccc(C(=O)O)c(-c5c6ccc(=[NH2+])c(S(=O)(=O)[O-])c-6oc6c(SOOO)c(N)ccc56)c4)c3)N=[N+]=[N-])c3c(=O)[nH]c(N)nc32)OC1COP(=O)(O)OP(=O)([O-])OP(=O)([O-])O. The van der Waals surface area contributed by atoms with Gasteiger partial charge in [0.2, 0.25) is 23.1 Å². The Balaban J connectivity index is 0.706. The number of azide groups is 2. The number of anilines is 2. The summed E-state index contributed by atoms with van der Waals surface area (Å²) in [5.74, 6) is 0.992. The molecule has 0 bridgehead atoms. The van der Waals surface area contributed by atoms with Gasteiger partial charge < -0.3 is 104 Å². The molecule has 1 saturated heterocycles. The number of aromatic nitrogens is 3. The lowest BCUT2D eigenvalue weighted by Gasteiger charge is -2.28. The number of carbonyl (C=O) groups is 5. The molecule has 8 rings (SSSR count). The van der Waals surface area contributed by atoms with Crippen LogP contribution in [-0.2, 0) is 84.3 Å². The van der Waals surface area contributed by atoms with Gasteiger partial charge in [0.1, 0.15) is 53.0 Å². The van der Waals surface area contributed by atoms with Crippen LogP contribution in [-0.4, -0.2) is 188 Å². The van der Waals surface area contributed by atoms with Gasteiger partial charge in [-0.15, -0.1) is 4.33 Å². The normalized spacial score (nSPS) is 16.1. The highest BCUT2D eigenvalue weighted by Gasteiger charge is 2.41. The number of carbonyl (C=O) groups excluding carboxylic acids is 4. The number of ether oxygens (including phenoxy) is 7. The van der Waals surface area contributed by atoms with E-state index >= 15 is 0 Å². The maximum Gasteiger partial charge on any atom is 0.478 e. The predicted molar refractivity (Wildman–Crippen MR) is 366 cm³/mol. The highest BCUT2D eigenvalue weighted by atomic mass is 32.2. The van der Waals surface area contributed by atoms with Crippen molar-refractivity contribution in [3.05, 3.63) is 132 Å². The summed E-state index contributed by atoms with van der Waals surface area (Å²) in [4.78, 5) is 129. The Labute approximate surface area is 621 Å². The topological polar surface area (TPSA) is 719 Å². The summed E-state index contributed by atoms with van der Waals surface area (Å²) < 4.78 is 135. The van der Waals surface area contributed by atoms with Crippen molar-refractivity contribution in [1.29, 1.82) is 0 Å². The minimum Gasteiger partial charge on any atom is -0.756 e. The monoisotopic (exact) mass is 1640 g/mol. The Morgan fingerprint density at radius 2 is 1.62 bits per heavy atom. The molecule has 7 unspecified atom stereocenters. The number of benzene rings is 4. The molecule has 110 heavy (non-hydrogen) atoms. The van der Waals surface area contributed by atoms with Crippen molar-refractivity contribution in [3.63, 3.8) is 0 Å². The van der Waals surface area contributed by atoms with E-state index in [1.165, 1.54) is 65.4 Å². The zero-order valence-electron chi connectivity index (χ0n) is 56.3. The molecule has 0 spiro atoms. The number of aromatic amines is 1. The molecule has 5 aromatic rings. The highest BCUT2D eigenvalue weighted by Crippen LogP contribution is 2.63. The molecule has 2 aromatic heterocycles. The number of nitrogen functional groups attached to an aromatic ring is 2. The molecule has 47 nitrogen and oxygen atoms in total. The van der Waals surface area contributed by atoms with Gasteiger partial charge in [0.25, 0.3) is 33.0 Å². The van der Waals surface area contributed by atoms with E-state index < -0.39 is 123 Å². The number of carboxylic acid groups (broad SMARTS) is 1. The van der Waals surface area contributed by atoms with Gasteiger partial charge in [-0.05, 0) is 71.2 Å². The summed E-state index contributed by atoms with van der Waals surface area (Å²) in [6.07, 6.45) is -3.88. The van der Waals surface area contributed by atoms with Crippen LogP contribution in [0.1, 0.15) is 55.7 Å². The number of phosphoric acid groups is 3. The van der Waals surface area contributed by atoms with E-state index in [1.54, 1.807) is 0 Å². The van der Waals surface area contributed by atoms with Crippen LogP contribution in [0.5, 0.6) is 5.75 Å². The Morgan fingerprint density at radius 1 is 0.891 bits per heavy atom. The van der Waals surface area contributed by atoms with Crippen LogP contribution in [0.25, 0.3) is 65.3 Å². The van der Waals surface area contributed by atoms with Crippen LogP contribution in [0.15, 0.2) is 102 Å². The van der Waals surface area contributed by atoms with Crippen LogP contribution in [0.3, 0.4) is 0 Å². The molecule has 3 aliphatic rings. The molecule has 3 aromatic carbocycles. The first-order chi connectivity index (χ1) is 52.3. The molecule has 590 valence electrons. The van der Waals surface area contributed by atoms with Gasteiger partial charge in [-0.3, -0.25) is 48.0 Å². The minimum absolute atomic E-state index is 0.00634. The average molecular weight is 1640 g/mol. The molecule has 2 aliphatic heterocycles. The third kappa shape index (κ3) is 24.5. The second-order valence-electron chi connectivity index (χ2n) is 22.2. The number of nitrogens with zero attached hydrogens (tertiary/aromatic N) is 8. The van der Waals surface area contributed by atoms with Crippen molar-refractivity contribution in [1.82, 2.24) is 35.8 Å². The number of carboxylic acids is 1. The molecule has 1 aliphatic carbocycles. The van der Waals surface area contributed by atoms with Crippen molar-refractivity contribution in [3.8, 4) is 40.0 Å². The zero-order valence-corrected chi connectivity index (χ0v) is 60.6. The first-order valence-electron chi connectivity index (χ1n) is 31.3. The van der Waals surface area contributed by atoms with Gasteiger partial charge in [0.05, 0.1) is 93.1 Å². The number of amides is 4.